The van der Waals surface area contributed by atoms with E-state index in [9.17, 15) is 0 Å². The standard InChI is InChI=1S/C14H10NS/c1-3-10-6-7-11-4-2-8-15-9-16-12(5-1)13(10)14(11)15/h1-8H,9H2/q+1. The molecule has 1 aliphatic heterocycles. The van der Waals surface area contributed by atoms with Gasteiger partial charge in [0, 0.05) is 16.3 Å². The van der Waals surface area contributed by atoms with E-state index in [1.165, 1.54) is 26.6 Å². The molecule has 4 rings (SSSR count). The fourth-order valence-corrected chi connectivity index (χ4v) is 3.51. The van der Waals surface area contributed by atoms with Crippen LogP contribution in [0, 0.1) is 0 Å². The summed E-state index contributed by atoms with van der Waals surface area (Å²) in [4.78, 5) is 1.41. The molecule has 0 saturated heterocycles. The van der Waals surface area contributed by atoms with Crippen LogP contribution in [0.2, 0.25) is 0 Å². The topological polar surface area (TPSA) is 3.88 Å². The van der Waals surface area contributed by atoms with Crippen molar-refractivity contribution in [2.45, 2.75) is 10.8 Å². The maximum absolute atomic E-state index is 2.34. The average Bonchev–Trinajstić information content (AvgIpc) is 2.36. The molecule has 2 aromatic carbocycles. The van der Waals surface area contributed by atoms with Crippen LogP contribution in [0.1, 0.15) is 0 Å². The lowest BCUT2D eigenvalue weighted by Gasteiger charge is -2.12. The van der Waals surface area contributed by atoms with Gasteiger partial charge in [0.1, 0.15) is 0 Å². The second-order valence-corrected chi connectivity index (χ2v) is 5.10. The summed E-state index contributed by atoms with van der Waals surface area (Å²) < 4.78 is 2.34. The second kappa shape index (κ2) is 2.98. The van der Waals surface area contributed by atoms with Gasteiger partial charge >= 0.3 is 0 Å². The Morgan fingerprint density at radius 1 is 0.938 bits per heavy atom. The van der Waals surface area contributed by atoms with Crippen molar-refractivity contribution < 1.29 is 4.57 Å². The molecule has 76 valence electrons. The van der Waals surface area contributed by atoms with E-state index in [1.54, 1.807) is 0 Å². The minimum absolute atomic E-state index is 1.02. The normalized spacial score (nSPS) is 13.8. The van der Waals surface area contributed by atoms with E-state index < -0.39 is 0 Å². The fraction of sp³-hybridized carbons (Fsp3) is 0.0714. The Bertz CT molecular complexity index is 656. The SMILES string of the molecule is c1cc2c3c(c1)ccc1ccc[n+](c13)CS2. The molecular formula is C14H10NS+. The monoisotopic (exact) mass is 224 g/mol. The van der Waals surface area contributed by atoms with Crippen LogP contribution in [0.4, 0.5) is 0 Å². The molecule has 0 radical (unpaired) electrons. The first kappa shape index (κ1) is 8.59. The number of benzene rings is 2. The number of thioether (sulfide) groups is 1. The average molecular weight is 224 g/mol. The number of hydrogen-bond acceptors (Lipinski definition) is 1. The number of hydrogen-bond donors (Lipinski definition) is 0. The van der Waals surface area contributed by atoms with E-state index in [1.807, 2.05) is 11.8 Å². The predicted octanol–water partition coefficient (Wildman–Crippen LogP) is 3.34. The van der Waals surface area contributed by atoms with Gasteiger partial charge in [-0.15, -0.1) is 0 Å². The lowest BCUT2D eigenvalue weighted by atomic mass is 10.1. The van der Waals surface area contributed by atoms with Crippen molar-refractivity contribution in [3.8, 4) is 0 Å². The third-order valence-corrected chi connectivity index (χ3v) is 4.26. The first-order chi connectivity index (χ1) is 7.93. The van der Waals surface area contributed by atoms with Gasteiger partial charge in [0.2, 0.25) is 5.52 Å². The van der Waals surface area contributed by atoms with Gasteiger partial charge in [-0.05, 0) is 23.6 Å². The zero-order valence-corrected chi connectivity index (χ0v) is 9.50. The summed E-state index contributed by atoms with van der Waals surface area (Å²) in [5.74, 6) is 1.02. The highest BCUT2D eigenvalue weighted by molar-refractivity contribution is 7.98. The van der Waals surface area contributed by atoms with E-state index in [-0.39, 0.29) is 0 Å². The smallest absolute Gasteiger partial charge is 0.188 e. The van der Waals surface area contributed by atoms with E-state index in [4.69, 9.17) is 0 Å². The van der Waals surface area contributed by atoms with Crippen molar-refractivity contribution in [1.82, 2.24) is 0 Å². The third-order valence-electron chi connectivity index (χ3n) is 3.20. The Labute approximate surface area is 97.7 Å². The van der Waals surface area contributed by atoms with Gasteiger partial charge in [-0.25, -0.2) is 0 Å². The number of nitrogens with zero attached hydrogens (tertiary/aromatic N) is 1. The number of aromatic nitrogens is 1. The van der Waals surface area contributed by atoms with Crippen LogP contribution in [0.5, 0.6) is 0 Å². The highest BCUT2D eigenvalue weighted by Gasteiger charge is 2.20. The zero-order chi connectivity index (χ0) is 10.5. The Kier molecular flexibility index (Phi) is 1.60. The Morgan fingerprint density at radius 2 is 1.81 bits per heavy atom. The molecule has 1 aliphatic rings. The first-order valence-electron chi connectivity index (χ1n) is 5.40. The molecule has 0 spiro atoms. The highest BCUT2D eigenvalue weighted by atomic mass is 32.2. The van der Waals surface area contributed by atoms with Gasteiger partial charge in [-0.1, -0.05) is 30.0 Å². The van der Waals surface area contributed by atoms with Crippen LogP contribution in [0.15, 0.2) is 53.6 Å². The maximum atomic E-state index is 2.34. The van der Waals surface area contributed by atoms with Crippen molar-refractivity contribution in [1.29, 1.82) is 0 Å². The summed E-state index contributed by atoms with van der Waals surface area (Å²) in [5, 5.41) is 4.09. The lowest BCUT2D eigenvalue weighted by molar-refractivity contribution is -0.649. The Morgan fingerprint density at radius 3 is 2.81 bits per heavy atom. The predicted molar refractivity (Wildman–Crippen MR) is 67.5 cm³/mol. The number of pyridine rings is 1. The van der Waals surface area contributed by atoms with Gasteiger partial charge < -0.3 is 0 Å². The number of rotatable bonds is 0. The Balaban J connectivity index is 2.40. The molecule has 0 bridgehead atoms. The molecule has 0 aliphatic carbocycles. The third kappa shape index (κ3) is 1.000. The van der Waals surface area contributed by atoms with E-state index >= 15 is 0 Å². The van der Waals surface area contributed by atoms with Crippen molar-refractivity contribution in [2.24, 2.45) is 0 Å². The van der Waals surface area contributed by atoms with Gasteiger partial charge in [0.15, 0.2) is 12.1 Å². The zero-order valence-electron chi connectivity index (χ0n) is 8.68. The summed E-state index contributed by atoms with van der Waals surface area (Å²) in [5.41, 5.74) is 1.38. The molecule has 0 fully saturated rings. The molecule has 16 heavy (non-hydrogen) atoms. The largest absolute Gasteiger partial charge is 0.222 e. The van der Waals surface area contributed by atoms with Gasteiger partial charge in [0.05, 0.1) is 5.39 Å². The highest BCUT2D eigenvalue weighted by Crippen LogP contribution is 2.35. The van der Waals surface area contributed by atoms with Crippen LogP contribution < -0.4 is 4.57 Å². The Hall–Kier alpha value is -1.54. The molecule has 1 aromatic heterocycles. The van der Waals surface area contributed by atoms with Crippen molar-refractivity contribution in [3.63, 3.8) is 0 Å². The maximum Gasteiger partial charge on any atom is 0.222 e. The fourth-order valence-electron chi connectivity index (χ4n) is 2.48. The van der Waals surface area contributed by atoms with Crippen molar-refractivity contribution >= 4 is 33.4 Å². The minimum atomic E-state index is 1.02. The summed E-state index contributed by atoms with van der Waals surface area (Å²) >= 11 is 1.92. The van der Waals surface area contributed by atoms with Crippen LogP contribution in [0.25, 0.3) is 21.7 Å². The van der Waals surface area contributed by atoms with Crippen LogP contribution in [-0.4, -0.2) is 0 Å². The second-order valence-electron chi connectivity index (χ2n) is 4.11. The summed E-state index contributed by atoms with van der Waals surface area (Å²) in [6.07, 6.45) is 2.17. The molecule has 0 saturated carbocycles. The molecule has 2 heteroatoms. The van der Waals surface area contributed by atoms with Gasteiger partial charge in [0.25, 0.3) is 0 Å². The van der Waals surface area contributed by atoms with E-state index in [2.05, 4.69) is 53.2 Å². The van der Waals surface area contributed by atoms with Crippen LogP contribution in [0.3, 0.4) is 0 Å². The molecule has 0 unspecified atom stereocenters. The van der Waals surface area contributed by atoms with Gasteiger partial charge in [-0.3, -0.25) is 0 Å². The first-order valence-corrected chi connectivity index (χ1v) is 6.39. The van der Waals surface area contributed by atoms with Crippen molar-refractivity contribution in [3.05, 3.63) is 48.7 Å². The quantitative estimate of drug-likeness (QED) is 0.418. The summed E-state index contributed by atoms with van der Waals surface area (Å²) in [6, 6.07) is 15.3. The molecule has 0 atom stereocenters. The molecule has 3 aromatic rings. The minimum Gasteiger partial charge on any atom is -0.188 e. The lowest BCUT2D eigenvalue weighted by Crippen LogP contribution is -2.34. The van der Waals surface area contributed by atoms with Crippen LogP contribution >= 0.6 is 11.8 Å². The van der Waals surface area contributed by atoms with Crippen molar-refractivity contribution in [2.75, 3.05) is 0 Å². The molecule has 2 heterocycles. The molecule has 0 N–H and O–H groups in total. The van der Waals surface area contributed by atoms with E-state index in [0.717, 1.165) is 5.88 Å². The summed E-state index contributed by atoms with van der Waals surface area (Å²) in [6.45, 7) is 0. The molecule has 0 amide bonds. The van der Waals surface area contributed by atoms with E-state index in [0.29, 0.717) is 0 Å². The molecular weight excluding hydrogens is 214 g/mol. The van der Waals surface area contributed by atoms with Crippen LogP contribution in [-0.2, 0) is 5.88 Å². The molecule has 1 nitrogen and oxygen atoms in total. The van der Waals surface area contributed by atoms with Gasteiger partial charge in [-0.2, -0.15) is 4.57 Å². The summed E-state index contributed by atoms with van der Waals surface area (Å²) in [7, 11) is 0.